The summed E-state index contributed by atoms with van der Waals surface area (Å²) >= 11 is 4.63. The fourth-order valence-corrected chi connectivity index (χ4v) is 3.06. The second-order valence-corrected chi connectivity index (χ2v) is 5.71. The maximum absolute atomic E-state index is 13.0. The van der Waals surface area contributed by atoms with E-state index in [0.717, 1.165) is 0 Å². The Kier molecular flexibility index (Phi) is 3.48. The zero-order valence-electron chi connectivity index (χ0n) is 8.98. The number of aryl methyl sites for hydroxylation is 1. The molecule has 0 radical (unpaired) electrons. The molecule has 0 aliphatic carbocycles. The number of nitrogens with zero attached hydrogens (tertiary/aromatic N) is 1. The van der Waals surface area contributed by atoms with Gasteiger partial charge < -0.3 is 4.57 Å². The predicted octanol–water partition coefficient (Wildman–Crippen LogP) is 3.92. The van der Waals surface area contributed by atoms with E-state index in [0.29, 0.717) is 4.47 Å². The Balaban J connectivity index is 3.07. The van der Waals surface area contributed by atoms with Crippen LogP contribution in [0.5, 0.6) is 0 Å². The summed E-state index contributed by atoms with van der Waals surface area (Å²) in [6, 6.07) is 4.39. The number of alkyl halides is 3. The van der Waals surface area contributed by atoms with Gasteiger partial charge in [-0.05, 0) is 34.7 Å². The number of hydrogen-bond acceptors (Lipinski definition) is 1. The van der Waals surface area contributed by atoms with Gasteiger partial charge in [-0.15, -0.1) is 0 Å². The average Bonchev–Trinajstić information content (AvgIpc) is 2.26. The molecule has 0 saturated carbocycles. The average molecular weight is 432 g/mol. The molecule has 0 fully saturated rings. The summed E-state index contributed by atoms with van der Waals surface area (Å²) in [7, 11) is 1.46. The number of rotatable bonds is 0. The first kappa shape index (κ1) is 13.9. The molecule has 0 spiro atoms. The minimum Gasteiger partial charge on any atom is -0.310 e. The maximum atomic E-state index is 13.0. The van der Waals surface area contributed by atoms with E-state index in [4.69, 9.17) is 0 Å². The van der Waals surface area contributed by atoms with E-state index >= 15 is 0 Å². The van der Waals surface area contributed by atoms with Gasteiger partial charge in [0.1, 0.15) is 0 Å². The number of hydrogen-bond donors (Lipinski definition) is 0. The topological polar surface area (TPSA) is 22.0 Å². The Morgan fingerprint density at radius 3 is 2.50 bits per heavy atom. The van der Waals surface area contributed by atoms with Crippen molar-refractivity contribution in [2.45, 2.75) is 6.18 Å². The molecule has 18 heavy (non-hydrogen) atoms. The zero-order chi connectivity index (χ0) is 13.7. The third-order valence-electron chi connectivity index (χ3n) is 2.59. The molecular formula is C11H6BrF3INO. The van der Waals surface area contributed by atoms with Gasteiger partial charge in [0, 0.05) is 16.9 Å². The molecule has 0 saturated heterocycles. The molecule has 0 amide bonds. The van der Waals surface area contributed by atoms with Crippen LogP contribution in [0.25, 0.3) is 10.9 Å². The molecule has 2 nitrogen and oxygen atoms in total. The highest BCUT2D eigenvalue weighted by Crippen LogP contribution is 2.37. The van der Waals surface area contributed by atoms with Crippen LogP contribution >= 0.6 is 38.5 Å². The third kappa shape index (κ3) is 2.18. The van der Waals surface area contributed by atoms with E-state index in [2.05, 4.69) is 15.9 Å². The van der Waals surface area contributed by atoms with Gasteiger partial charge in [0.25, 0.3) is 5.56 Å². The first-order valence-corrected chi connectivity index (χ1v) is 6.65. The second-order valence-electron chi connectivity index (χ2n) is 3.71. The highest BCUT2D eigenvalue weighted by Gasteiger charge is 2.36. The number of halogens is 5. The molecule has 2 aromatic rings. The Morgan fingerprint density at radius 2 is 1.94 bits per heavy atom. The van der Waals surface area contributed by atoms with E-state index in [1.165, 1.54) is 52.4 Å². The van der Waals surface area contributed by atoms with Gasteiger partial charge in [-0.1, -0.05) is 22.0 Å². The number of fused-ring (bicyclic) bond motifs is 1. The standard InChI is InChI=1S/C11H6BrF3INO/c1-17-7-4-5(12)2-3-6(7)8(11(13,14)15)9(16)10(17)18/h2-4H,1H3. The molecule has 7 heteroatoms. The molecular weight excluding hydrogens is 426 g/mol. The van der Waals surface area contributed by atoms with Gasteiger partial charge in [0.05, 0.1) is 14.7 Å². The van der Waals surface area contributed by atoms with Crippen LogP contribution in [0, 0.1) is 3.57 Å². The van der Waals surface area contributed by atoms with Crippen molar-refractivity contribution in [1.29, 1.82) is 0 Å². The normalized spacial score (nSPS) is 12.1. The lowest BCUT2D eigenvalue weighted by atomic mass is 10.1. The summed E-state index contributed by atoms with van der Waals surface area (Å²) in [5.74, 6) is 0. The predicted molar refractivity (Wildman–Crippen MR) is 74.6 cm³/mol. The van der Waals surface area contributed by atoms with Gasteiger partial charge in [-0.2, -0.15) is 13.2 Å². The molecule has 1 aromatic heterocycles. The minimum atomic E-state index is -4.55. The van der Waals surface area contributed by atoms with Crippen molar-refractivity contribution < 1.29 is 13.2 Å². The summed E-state index contributed by atoms with van der Waals surface area (Å²) in [4.78, 5) is 11.8. The quantitative estimate of drug-likeness (QED) is 0.579. The van der Waals surface area contributed by atoms with Crippen LogP contribution < -0.4 is 5.56 Å². The number of aromatic nitrogens is 1. The van der Waals surface area contributed by atoms with E-state index in [9.17, 15) is 18.0 Å². The molecule has 0 aliphatic heterocycles. The lowest BCUT2D eigenvalue weighted by Crippen LogP contribution is -2.25. The maximum Gasteiger partial charge on any atom is 0.418 e. The van der Waals surface area contributed by atoms with Crippen LogP contribution in [0.1, 0.15) is 5.56 Å². The summed E-state index contributed by atoms with van der Waals surface area (Å²) in [6.45, 7) is 0. The van der Waals surface area contributed by atoms with Crippen LogP contribution in [-0.2, 0) is 13.2 Å². The van der Waals surface area contributed by atoms with Crippen molar-refractivity contribution in [3.8, 4) is 0 Å². The molecule has 0 unspecified atom stereocenters. The monoisotopic (exact) mass is 431 g/mol. The summed E-state index contributed by atoms with van der Waals surface area (Å²) < 4.78 is 40.6. The summed E-state index contributed by atoms with van der Waals surface area (Å²) in [6.07, 6.45) is -4.55. The van der Waals surface area contributed by atoms with Gasteiger partial charge in [0.15, 0.2) is 0 Å². The van der Waals surface area contributed by atoms with E-state index in [1.807, 2.05) is 0 Å². The Hall–Kier alpha value is -0.570. The molecule has 96 valence electrons. The fraction of sp³-hybridized carbons (Fsp3) is 0.182. The lowest BCUT2D eigenvalue weighted by Gasteiger charge is -2.15. The van der Waals surface area contributed by atoms with Gasteiger partial charge in [-0.3, -0.25) is 4.79 Å². The molecule has 1 heterocycles. The SMILES string of the molecule is Cn1c(=O)c(I)c(C(F)(F)F)c2ccc(Br)cc21. The van der Waals surface area contributed by atoms with Gasteiger partial charge >= 0.3 is 6.18 Å². The molecule has 1 aromatic carbocycles. The molecule has 0 bridgehead atoms. The second kappa shape index (κ2) is 4.52. The summed E-state index contributed by atoms with van der Waals surface area (Å²) in [5, 5.41) is 0.0252. The Morgan fingerprint density at radius 1 is 1.33 bits per heavy atom. The van der Waals surface area contributed by atoms with Crippen molar-refractivity contribution in [1.82, 2.24) is 4.57 Å². The van der Waals surface area contributed by atoms with Crippen LogP contribution in [0.4, 0.5) is 13.2 Å². The molecule has 2 rings (SSSR count). The summed E-state index contributed by atoms with van der Waals surface area (Å²) in [5.41, 5.74) is -1.26. The largest absolute Gasteiger partial charge is 0.418 e. The van der Waals surface area contributed by atoms with Crippen molar-refractivity contribution >= 4 is 49.4 Å². The van der Waals surface area contributed by atoms with Crippen molar-refractivity contribution in [3.63, 3.8) is 0 Å². The lowest BCUT2D eigenvalue weighted by molar-refractivity contribution is -0.137. The molecule has 0 aliphatic rings. The Labute approximate surface area is 122 Å². The highest BCUT2D eigenvalue weighted by molar-refractivity contribution is 14.1. The van der Waals surface area contributed by atoms with Crippen LogP contribution in [0.3, 0.4) is 0 Å². The molecule has 0 N–H and O–H groups in total. The van der Waals surface area contributed by atoms with Crippen LogP contribution in [0.2, 0.25) is 0 Å². The molecule has 0 atom stereocenters. The number of pyridine rings is 1. The fourth-order valence-electron chi connectivity index (χ4n) is 1.75. The zero-order valence-corrected chi connectivity index (χ0v) is 12.7. The van der Waals surface area contributed by atoms with E-state index < -0.39 is 17.3 Å². The van der Waals surface area contributed by atoms with Crippen molar-refractivity contribution in [3.05, 3.63) is 42.2 Å². The Bertz CT molecular complexity index is 693. The first-order chi connectivity index (χ1) is 8.23. The van der Waals surface area contributed by atoms with Gasteiger partial charge in [-0.25, -0.2) is 0 Å². The van der Waals surface area contributed by atoms with Crippen molar-refractivity contribution in [2.75, 3.05) is 0 Å². The van der Waals surface area contributed by atoms with Crippen molar-refractivity contribution in [2.24, 2.45) is 7.05 Å². The van der Waals surface area contributed by atoms with Gasteiger partial charge in [0.2, 0.25) is 0 Å². The van der Waals surface area contributed by atoms with E-state index in [-0.39, 0.29) is 14.5 Å². The van der Waals surface area contributed by atoms with E-state index in [1.54, 1.807) is 0 Å². The number of benzene rings is 1. The third-order valence-corrected chi connectivity index (χ3v) is 4.08. The van der Waals surface area contributed by atoms with Crippen LogP contribution in [0.15, 0.2) is 27.5 Å². The smallest absolute Gasteiger partial charge is 0.310 e. The minimum absolute atomic E-state index is 0.0252. The first-order valence-electron chi connectivity index (χ1n) is 4.78. The highest BCUT2D eigenvalue weighted by atomic mass is 127. The van der Waals surface area contributed by atoms with Crippen LogP contribution in [-0.4, -0.2) is 4.57 Å².